The highest BCUT2D eigenvalue weighted by molar-refractivity contribution is 5.60. The van der Waals surface area contributed by atoms with Crippen molar-refractivity contribution in [2.45, 2.75) is 18.4 Å². The number of hydrogen-bond donors (Lipinski definition) is 3. The Morgan fingerprint density at radius 3 is 2.25 bits per heavy atom. The molecule has 0 radical (unpaired) electrons. The number of nitrogens with one attached hydrogen (secondary N) is 3. The molecule has 0 bridgehead atoms. The fourth-order valence-electron chi connectivity index (χ4n) is 2.75. The molecule has 3 N–H and O–H groups in total. The third kappa shape index (κ3) is 2.73. The molecule has 0 aliphatic carbocycles. The van der Waals surface area contributed by atoms with E-state index < -0.39 is 11.9 Å². The lowest BCUT2D eigenvalue weighted by Gasteiger charge is -2.39. The highest BCUT2D eigenvalue weighted by Gasteiger charge is 2.45. The minimum atomic E-state index is -1.87. The van der Waals surface area contributed by atoms with Crippen molar-refractivity contribution in [3.05, 3.63) is 60.2 Å². The Bertz CT molecular complexity index is 727. The van der Waals surface area contributed by atoms with Crippen molar-refractivity contribution < 1.29 is 4.74 Å². The van der Waals surface area contributed by atoms with Crippen LogP contribution < -0.4 is 9.64 Å². The van der Waals surface area contributed by atoms with Crippen molar-refractivity contribution in [1.82, 2.24) is 0 Å². The van der Waals surface area contributed by atoms with Gasteiger partial charge in [-0.3, -0.25) is 0 Å². The molecular weight excluding hydrogens is 306 g/mol. The summed E-state index contributed by atoms with van der Waals surface area (Å²) in [5.41, 5.74) is 24.0. The van der Waals surface area contributed by atoms with Crippen molar-refractivity contribution in [1.29, 1.82) is 16.6 Å². The quantitative estimate of drug-likeness (QED) is 0.690. The van der Waals surface area contributed by atoms with Crippen LogP contribution in [0, 0.1) is 16.6 Å². The number of fused-ring (bicyclic) bond motifs is 1. The van der Waals surface area contributed by atoms with E-state index in [2.05, 4.69) is 20.2 Å². The second-order valence-corrected chi connectivity index (χ2v) is 5.46. The van der Waals surface area contributed by atoms with Gasteiger partial charge in [-0.1, -0.05) is 42.5 Å². The summed E-state index contributed by atoms with van der Waals surface area (Å²) in [5.74, 6) is -1.27. The smallest absolute Gasteiger partial charge is 0.335 e. The first-order chi connectivity index (χ1) is 11.7. The Balaban J connectivity index is 1.97. The monoisotopic (exact) mass is 323 g/mol. The Kier molecular flexibility index (Phi) is 4.28. The van der Waals surface area contributed by atoms with Gasteiger partial charge in [-0.25, -0.2) is 16.6 Å². The molecule has 1 aliphatic rings. The zero-order valence-corrected chi connectivity index (χ0v) is 12.9. The highest BCUT2D eigenvalue weighted by atomic mass is 16.5. The molecule has 2 aromatic rings. The minimum absolute atomic E-state index is 0.318. The summed E-state index contributed by atoms with van der Waals surface area (Å²) < 4.78 is 5.86. The van der Waals surface area contributed by atoms with Gasteiger partial charge in [-0.15, -0.1) is 15.3 Å². The van der Waals surface area contributed by atoms with E-state index in [-0.39, 0.29) is 0 Å². The summed E-state index contributed by atoms with van der Waals surface area (Å²) in [6.07, 6.45) is -0.816. The van der Waals surface area contributed by atoms with Crippen LogP contribution in [-0.2, 0) is 6.54 Å². The lowest BCUT2D eigenvalue weighted by atomic mass is 10.1. The lowest BCUT2D eigenvalue weighted by molar-refractivity contribution is 0.0955. The molecule has 24 heavy (non-hydrogen) atoms. The van der Waals surface area contributed by atoms with E-state index >= 15 is 0 Å². The molecule has 0 spiro atoms. The summed E-state index contributed by atoms with van der Waals surface area (Å²) in [6.45, 7) is 0.945. The average Bonchev–Trinajstić information content (AvgIpc) is 2.65. The summed E-state index contributed by atoms with van der Waals surface area (Å²) in [4.78, 5) is 2.06. The van der Waals surface area contributed by atoms with Gasteiger partial charge >= 0.3 is 5.79 Å². The van der Waals surface area contributed by atoms with Gasteiger partial charge in [0.2, 0.25) is 0 Å². The summed E-state index contributed by atoms with van der Waals surface area (Å²) >= 11 is 0. The van der Waals surface area contributed by atoms with E-state index in [1.54, 1.807) is 0 Å². The first-order valence-electron chi connectivity index (χ1n) is 7.43. The van der Waals surface area contributed by atoms with Crippen LogP contribution >= 0.6 is 0 Å². The van der Waals surface area contributed by atoms with Crippen LogP contribution in [0.3, 0.4) is 0 Å². The van der Waals surface area contributed by atoms with Crippen LogP contribution in [0.2, 0.25) is 0 Å². The number of nitrogens with zero attached hydrogens (tertiary/aromatic N) is 4. The maximum atomic E-state index is 7.31. The van der Waals surface area contributed by atoms with Crippen molar-refractivity contribution in [2.24, 2.45) is 15.3 Å². The third-order valence-electron chi connectivity index (χ3n) is 4.00. The van der Waals surface area contributed by atoms with Crippen molar-refractivity contribution >= 4 is 5.69 Å². The molecule has 0 aromatic heterocycles. The van der Waals surface area contributed by atoms with Gasteiger partial charge in [0.1, 0.15) is 5.75 Å². The number of ether oxygens (including phenoxy) is 1. The second kappa shape index (κ2) is 6.53. The number of anilines is 1. The maximum Gasteiger partial charge on any atom is 0.335 e. The van der Waals surface area contributed by atoms with E-state index in [1.807, 2.05) is 54.6 Å². The number of hydrogen-bond acceptors (Lipinski definition) is 8. The molecule has 8 heteroatoms. The first-order valence-corrected chi connectivity index (χ1v) is 7.43. The van der Waals surface area contributed by atoms with E-state index in [1.165, 1.54) is 0 Å². The average molecular weight is 323 g/mol. The van der Waals surface area contributed by atoms with Crippen LogP contribution in [0.4, 0.5) is 5.69 Å². The van der Waals surface area contributed by atoms with Crippen LogP contribution in [0.1, 0.15) is 5.56 Å². The number of benzene rings is 2. The van der Waals surface area contributed by atoms with E-state index in [0.717, 1.165) is 11.3 Å². The topological polar surface area (TPSA) is 121 Å². The minimum Gasteiger partial charge on any atom is -0.479 e. The van der Waals surface area contributed by atoms with Gasteiger partial charge < -0.3 is 9.64 Å². The molecule has 3 rings (SSSR count). The predicted molar refractivity (Wildman–Crippen MR) is 86.5 cm³/mol. The SMILES string of the molecule is N=NC(N=N)(N=N)C1CN(Cc2ccccc2)c2ccccc2O1. The molecule has 0 saturated heterocycles. The van der Waals surface area contributed by atoms with Crippen molar-refractivity contribution in [2.75, 3.05) is 11.4 Å². The van der Waals surface area contributed by atoms with E-state index in [9.17, 15) is 0 Å². The molecule has 1 heterocycles. The Labute approximate surface area is 139 Å². The van der Waals surface area contributed by atoms with Crippen molar-refractivity contribution in [3.63, 3.8) is 0 Å². The number of para-hydroxylation sites is 2. The fraction of sp³-hybridized carbons (Fsp3) is 0.250. The Morgan fingerprint density at radius 1 is 0.958 bits per heavy atom. The number of rotatable bonds is 6. The predicted octanol–water partition coefficient (Wildman–Crippen LogP) is 4.20. The molecule has 1 unspecified atom stereocenters. The van der Waals surface area contributed by atoms with Crippen LogP contribution in [0.15, 0.2) is 69.9 Å². The van der Waals surface area contributed by atoms with Gasteiger partial charge in [0.25, 0.3) is 0 Å². The van der Waals surface area contributed by atoms with Crippen LogP contribution in [-0.4, -0.2) is 18.4 Å². The summed E-state index contributed by atoms with van der Waals surface area (Å²) in [7, 11) is 0. The molecule has 0 saturated carbocycles. The third-order valence-corrected chi connectivity index (χ3v) is 4.00. The highest BCUT2D eigenvalue weighted by Crippen LogP contribution is 2.38. The fourth-order valence-corrected chi connectivity index (χ4v) is 2.75. The molecule has 122 valence electrons. The van der Waals surface area contributed by atoms with Crippen LogP contribution in [0.5, 0.6) is 5.75 Å². The van der Waals surface area contributed by atoms with Gasteiger partial charge in [0.05, 0.1) is 12.2 Å². The molecule has 8 nitrogen and oxygen atoms in total. The van der Waals surface area contributed by atoms with Crippen molar-refractivity contribution in [3.8, 4) is 5.75 Å². The van der Waals surface area contributed by atoms with E-state index in [0.29, 0.717) is 18.8 Å². The van der Waals surface area contributed by atoms with E-state index in [4.69, 9.17) is 21.3 Å². The summed E-state index contributed by atoms with van der Waals surface area (Å²) in [5, 5.41) is 9.85. The zero-order chi connectivity index (χ0) is 17.0. The standard InChI is InChI=1S/C16H17N7O/c17-20-16(21-18,22-19)15-11-23(10-12-6-2-1-3-7-12)13-8-4-5-9-14(13)24-15/h1-9,15,17-19H,10-11H2. The molecular formula is C16H17N7O. The second-order valence-electron chi connectivity index (χ2n) is 5.46. The molecule has 1 aliphatic heterocycles. The normalized spacial score (nSPS) is 18.7. The molecule has 0 fully saturated rings. The largest absolute Gasteiger partial charge is 0.479 e. The molecule has 2 aromatic carbocycles. The zero-order valence-electron chi connectivity index (χ0n) is 12.9. The summed E-state index contributed by atoms with van der Waals surface area (Å²) in [6, 6.07) is 17.5. The van der Waals surface area contributed by atoms with Crippen LogP contribution in [0.25, 0.3) is 0 Å². The lowest BCUT2D eigenvalue weighted by Crippen LogP contribution is -2.50. The Morgan fingerprint density at radius 2 is 1.58 bits per heavy atom. The molecule has 0 amide bonds. The van der Waals surface area contributed by atoms with Gasteiger partial charge in [0, 0.05) is 6.54 Å². The van der Waals surface area contributed by atoms with Gasteiger partial charge in [-0.05, 0) is 17.7 Å². The van der Waals surface area contributed by atoms with Gasteiger partial charge in [0.15, 0.2) is 6.10 Å². The first kappa shape index (κ1) is 15.7. The Hall–Kier alpha value is -3.16. The maximum absolute atomic E-state index is 7.31. The molecule has 1 atom stereocenters. The van der Waals surface area contributed by atoms with Gasteiger partial charge in [-0.2, -0.15) is 0 Å².